The van der Waals surface area contributed by atoms with Crippen molar-refractivity contribution in [1.82, 2.24) is 14.5 Å². The first-order chi connectivity index (χ1) is 10.5. The minimum Gasteiger partial charge on any atom is -0.445 e. The summed E-state index contributed by atoms with van der Waals surface area (Å²) in [6.07, 6.45) is 0. The Morgan fingerprint density at radius 1 is 1.32 bits per heavy atom. The number of rotatable bonds is 4. The van der Waals surface area contributed by atoms with Gasteiger partial charge in [-0.1, -0.05) is 11.8 Å². The number of aromatic nitrogens is 3. The molecule has 0 bridgehead atoms. The maximum atomic E-state index is 12.6. The fourth-order valence-corrected chi connectivity index (χ4v) is 4.13. The molecule has 22 heavy (non-hydrogen) atoms. The molecule has 0 saturated heterocycles. The minimum absolute atomic E-state index is 0.0357. The molecule has 0 N–H and O–H groups in total. The monoisotopic (exact) mass is 335 g/mol. The van der Waals surface area contributed by atoms with Crippen LogP contribution in [0.2, 0.25) is 0 Å². The molecule has 0 amide bonds. The SMILES string of the molecule is CCn1c(SCc2nc(C)c(C)o2)nc2scc(C)c2c1=O. The molecule has 0 spiro atoms. The second kappa shape index (κ2) is 5.89. The summed E-state index contributed by atoms with van der Waals surface area (Å²) in [5.41, 5.74) is 1.93. The number of fused-ring (bicyclic) bond motifs is 1. The molecule has 0 unspecified atom stereocenters. The highest BCUT2D eigenvalue weighted by molar-refractivity contribution is 7.98. The van der Waals surface area contributed by atoms with E-state index in [9.17, 15) is 4.79 Å². The normalized spacial score (nSPS) is 11.5. The van der Waals surface area contributed by atoms with Crippen molar-refractivity contribution in [2.75, 3.05) is 0 Å². The Labute approximate surface area is 136 Å². The van der Waals surface area contributed by atoms with Crippen molar-refractivity contribution in [3.8, 4) is 0 Å². The number of hydrogen-bond acceptors (Lipinski definition) is 6. The number of aryl methyl sites for hydroxylation is 3. The predicted octanol–water partition coefficient (Wildman–Crippen LogP) is 3.68. The van der Waals surface area contributed by atoms with Crippen LogP contribution in [0.1, 0.15) is 29.8 Å². The van der Waals surface area contributed by atoms with E-state index in [-0.39, 0.29) is 5.56 Å². The number of thiophene rings is 1. The van der Waals surface area contributed by atoms with Crippen LogP contribution in [0, 0.1) is 20.8 Å². The number of hydrogen-bond donors (Lipinski definition) is 0. The minimum atomic E-state index is 0.0357. The molecular formula is C15H17N3O2S2. The molecule has 0 radical (unpaired) electrons. The summed E-state index contributed by atoms with van der Waals surface area (Å²) < 4.78 is 7.30. The lowest BCUT2D eigenvalue weighted by Crippen LogP contribution is -2.22. The summed E-state index contributed by atoms with van der Waals surface area (Å²) in [6, 6.07) is 0. The first-order valence-electron chi connectivity index (χ1n) is 7.05. The molecule has 3 heterocycles. The first-order valence-corrected chi connectivity index (χ1v) is 8.92. The van der Waals surface area contributed by atoms with Crippen LogP contribution in [0.15, 0.2) is 19.7 Å². The van der Waals surface area contributed by atoms with Gasteiger partial charge in [-0.05, 0) is 38.6 Å². The van der Waals surface area contributed by atoms with Gasteiger partial charge in [0.15, 0.2) is 5.16 Å². The third-order valence-electron chi connectivity index (χ3n) is 3.56. The second-order valence-corrected chi connectivity index (χ2v) is 6.88. The Bertz CT molecular complexity index is 873. The maximum absolute atomic E-state index is 12.6. The van der Waals surface area contributed by atoms with Crippen molar-refractivity contribution in [2.45, 2.75) is 45.1 Å². The molecular weight excluding hydrogens is 318 g/mol. The Hall–Kier alpha value is -1.60. The summed E-state index contributed by atoms with van der Waals surface area (Å²) in [5, 5.41) is 3.43. The third-order valence-corrected chi connectivity index (χ3v) is 5.51. The zero-order valence-corrected chi connectivity index (χ0v) is 14.6. The molecule has 5 nitrogen and oxygen atoms in total. The quantitative estimate of drug-likeness (QED) is 0.537. The van der Waals surface area contributed by atoms with Gasteiger partial charge in [0.05, 0.1) is 16.8 Å². The Kier molecular flexibility index (Phi) is 4.10. The molecule has 0 aromatic carbocycles. The topological polar surface area (TPSA) is 60.9 Å². The first kappa shape index (κ1) is 15.3. The predicted molar refractivity (Wildman–Crippen MR) is 89.8 cm³/mol. The van der Waals surface area contributed by atoms with Gasteiger partial charge in [0.2, 0.25) is 5.89 Å². The zero-order valence-electron chi connectivity index (χ0n) is 13.0. The van der Waals surface area contributed by atoms with E-state index in [1.54, 1.807) is 4.57 Å². The van der Waals surface area contributed by atoms with E-state index in [0.717, 1.165) is 32.4 Å². The summed E-state index contributed by atoms with van der Waals surface area (Å²) in [4.78, 5) is 22.4. The van der Waals surface area contributed by atoms with Gasteiger partial charge in [0.25, 0.3) is 5.56 Å². The van der Waals surface area contributed by atoms with E-state index in [0.29, 0.717) is 18.2 Å². The molecule has 0 fully saturated rings. The van der Waals surface area contributed by atoms with Crippen molar-refractivity contribution in [3.63, 3.8) is 0 Å². The molecule has 0 atom stereocenters. The average molecular weight is 335 g/mol. The fourth-order valence-electron chi connectivity index (χ4n) is 2.26. The number of nitrogens with zero attached hydrogens (tertiary/aromatic N) is 3. The molecule has 3 rings (SSSR count). The zero-order chi connectivity index (χ0) is 15.9. The van der Waals surface area contributed by atoms with Crippen LogP contribution in [0.25, 0.3) is 10.2 Å². The molecule has 3 aromatic rings. The van der Waals surface area contributed by atoms with E-state index in [4.69, 9.17) is 4.42 Å². The van der Waals surface area contributed by atoms with Gasteiger partial charge in [0.1, 0.15) is 10.6 Å². The number of thioether (sulfide) groups is 1. The highest BCUT2D eigenvalue weighted by Gasteiger charge is 2.15. The van der Waals surface area contributed by atoms with E-state index < -0.39 is 0 Å². The smallest absolute Gasteiger partial charge is 0.263 e. The molecule has 0 aliphatic carbocycles. The highest BCUT2D eigenvalue weighted by atomic mass is 32.2. The van der Waals surface area contributed by atoms with Gasteiger partial charge in [-0.15, -0.1) is 11.3 Å². The van der Waals surface area contributed by atoms with Crippen LogP contribution in [-0.4, -0.2) is 14.5 Å². The lowest BCUT2D eigenvalue weighted by atomic mass is 10.3. The lowest BCUT2D eigenvalue weighted by molar-refractivity contribution is 0.489. The van der Waals surface area contributed by atoms with Crippen LogP contribution in [-0.2, 0) is 12.3 Å². The van der Waals surface area contributed by atoms with E-state index >= 15 is 0 Å². The second-order valence-electron chi connectivity index (χ2n) is 5.08. The van der Waals surface area contributed by atoms with Gasteiger partial charge in [-0.3, -0.25) is 9.36 Å². The van der Waals surface area contributed by atoms with E-state index in [1.165, 1.54) is 23.1 Å². The molecule has 116 valence electrons. The Balaban J connectivity index is 1.97. The summed E-state index contributed by atoms with van der Waals surface area (Å²) in [7, 11) is 0. The summed E-state index contributed by atoms with van der Waals surface area (Å²) in [5.74, 6) is 2.07. The van der Waals surface area contributed by atoms with Crippen molar-refractivity contribution >= 4 is 33.3 Å². The van der Waals surface area contributed by atoms with Crippen LogP contribution in [0.3, 0.4) is 0 Å². The Morgan fingerprint density at radius 3 is 2.73 bits per heavy atom. The van der Waals surface area contributed by atoms with E-state index in [1.807, 2.05) is 33.1 Å². The van der Waals surface area contributed by atoms with Gasteiger partial charge in [0, 0.05) is 6.54 Å². The molecule has 0 saturated carbocycles. The van der Waals surface area contributed by atoms with Gasteiger partial charge < -0.3 is 4.42 Å². The van der Waals surface area contributed by atoms with Crippen molar-refractivity contribution in [2.24, 2.45) is 0 Å². The largest absolute Gasteiger partial charge is 0.445 e. The van der Waals surface area contributed by atoms with Gasteiger partial charge >= 0.3 is 0 Å². The lowest BCUT2D eigenvalue weighted by Gasteiger charge is -2.09. The fraction of sp³-hybridized carbons (Fsp3) is 0.400. The van der Waals surface area contributed by atoms with Gasteiger partial charge in [-0.25, -0.2) is 9.97 Å². The molecule has 3 aromatic heterocycles. The highest BCUT2D eigenvalue weighted by Crippen LogP contribution is 2.26. The van der Waals surface area contributed by atoms with Crippen LogP contribution >= 0.6 is 23.1 Å². The Morgan fingerprint density at radius 2 is 2.09 bits per heavy atom. The number of oxazole rings is 1. The average Bonchev–Trinajstić information content (AvgIpc) is 3.00. The molecule has 7 heteroatoms. The van der Waals surface area contributed by atoms with Crippen molar-refractivity contribution < 1.29 is 4.42 Å². The van der Waals surface area contributed by atoms with Crippen LogP contribution < -0.4 is 5.56 Å². The summed E-state index contributed by atoms with van der Waals surface area (Å²) in [6.45, 7) is 8.33. The van der Waals surface area contributed by atoms with Crippen molar-refractivity contribution in [1.29, 1.82) is 0 Å². The van der Waals surface area contributed by atoms with E-state index in [2.05, 4.69) is 9.97 Å². The molecule has 0 aliphatic heterocycles. The molecule has 0 aliphatic rings. The maximum Gasteiger partial charge on any atom is 0.263 e. The third kappa shape index (κ3) is 2.59. The van der Waals surface area contributed by atoms with Gasteiger partial charge in [-0.2, -0.15) is 0 Å². The summed E-state index contributed by atoms with van der Waals surface area (Å²) >= 11 is 3.00. The van der Waals surface area contributed by atoms with Crippen LogP contribution in [0.5, 0.6) is 0 Å². The standard InChI is InChI=1S/C15H17N3O2S2/c1-5-18-14(19)12-8(2)6-21-13(12)17-15(18)22-7-11-16-9(3)10(4)20-11/h6H,5,7H2,1-4H3. The van der Waals surface area contributed by atoms with Crippen LogP contribution in [0.4, 0.5) is 0 Å². The van der Waals surface area contributed by atoms with Crippen molar-refractivity contribution in [3.05, 3.63) is 38.6 Å².